The lowest BCUT2D eigenvalue weighted by Crippen LogP contribution is -2.23. The van der Waals surface area contributed by atoms with E-state index in [0.717, 1.165) is 6.07 Å². The molecular weight excluding hydrogens is 318 g/mol. The highest BCUT2D eigenvalue weighted by atomic mass is 16.4. The number of hydrogen-bond acceptors (Lipinski definition) is 4. The van der Waals surface area contributed by atoms with Crippen molar-refractivity contribution in [2.24, 2.45) is 5.73 Å². The number of hydrogen-bond donors (Lipinski definition) is 4. The van der Waals surface area contributed by atoms with Crippen LogP contribution in [0.5, 0.6) is 0 Å². The van der Waals surface area contributed by atoms with Crippen LogP contribution in [0.25, 0.3) is 11.1 Å². The summed E-state index contributed by atoms with van der Waals surface area (Å²) in [7, 11) is 0. The second-order valence-corrected chi connectivity index (χ2v) is 4.74. The molecule has 2 aromatic rings. The van der Waals surface area contributed by atoms with Gasteiger partial charge in [-0.15, -0.1) is 0 Å². The van der Waals surface area contributed by atoms with Gasteiger partial charge in [-0.1, -0.05) is 30.3 Å². The van der Waals surface area contributed by atoms with Gasteiger partial charge in [-0.2, -0.15) is 0 Å². The van der Waals surface area contributed by atoms with E-state index in [1.54, 1.807) is 18.2 Å². The van der Waals surface area contributed by atoms with Crippen LogP contribution in [-0.2, 0) is 0 Å². The van der Waals surface area contributed by atoms with Crippen molar-refractivity contribution in [3.05, 3.63) is 58.7 Å². The van der Waals surface area contributed by atoms with Crippen molar-refractivity contribution in [2.75, 3.05) is 0 Å². The van der Waals surface area contributed by atoms with Crippen LogP contribution >= 0.6 is 0 Å². The molecule has 0 saturated heterocycles. The molecule has 0 aliphatic carbocycles. The molecule has 0 spiro atoms. The smallest absolute Gasteiger partial charge is 0.337 e. The number of amides is 1. The summed E-state index contributed by atoms with van der Waals surface area (Å²) in [5, 5.41) is 27.8. The van der Waals surface area contributed by atoms with Gasteiger partial charge in [0.05, 0.1) is 22.3 Å². The number of carbonyl (C=O) groups excluding carboxylic acids is 1. The summed E-state index contributed by atoms with van der Waals surface area (Å²) in [5.41, 5.74) is 2.25. The molecule has 0 atom stereocenters. The lowest BCUT2D eigenvalue weighted by molar-refractivity contribution is 0.0631. The molecule has 8 heteroatoms. The first-order valence-corrected chi connectivity index (χ1v) is 6.51. The van der Waals surface area contributed by atoms with Gasteiger partial charge in [-0.3, -0.25) is 4.79 Å². The van der Waals surface area contributed by atoms with Gasteiger partial charge in [0.15, 0.2) is 0 Å². The Morgan fingerprint density at radius 3 is 1.71 bits per heavy atom. The normalized spacial score (nSPS) is 10.2. The van der Waals surface area contributed by atoms with E-state index >= 15 is 0 Å². The number of carboxylic acids is 3. The van der Waals surface area contributed by atoms with E-state index in [1.165, 1.54) is 12.1 Å². The molecule has 0 radical (unpaired) electrons. The minimum absolute atomic E-state index is 0.0668. The average Bonchev–Trinajstić information content (AvgIpc) is 2.53. The van der Waals surface area contributed by atoms with Crippen molar-refractivity contribution in [3.8, 4) is 11.1 Å². The first-order valence-electron chi connectivity index (χ1n) is 6.51. The Kier molecular flexibility index (Phi) is 4.32. The maximum atomic E-state index is 11.8. The molecule has 0 aliphatic heterocycles. The highest BCUT2D eigenvalue weighted by Crippen LogP contribution is 2.31. The van der Waals surface area contributed by atoms with Gasteiger partial charge in [0.2, 0.25) is 5.91 Å². The Labute approximate surface area is 134 Å². The third kappa shape index (κ3) is 2.80. The number of nitrogens with two attached hydrogens (primary N) is 1. The Bertz CT molecular complexity index is 872. The van der Waals surface area contributed by atoms with E-state index in [-0.39, 0.29) is 5.56 Å². The van der Waals surface area contributed by atoms with Gasteiger partial charge in [-0.05, 0) is 17.2 Å². The van der Waals surface area contributed by atoms with Crippen LogP contribution in [0.15, 0.2) is 36.4 Å². The molecule has 0 aliphatic rings. The van der Waals surface area contributed by atoms with Gasteiger partial charge in [0, 0.05) is 0 Å². The predicted molar refractivity (Wildman–Crippen MR) is 81.3 cm³/mol. The lowest BCUT2D eigenvalue weighted by atomic mass is 9.88. The quantitative estimate of drug-likeness (QED) is 0.648. The molecule has 1 amide bonds. The van der Waals surface area contributed by atoms with Gasteiger partial charge in [-0.25, -0.2) is 14.4 Å². The standard InChI is InChI=1S/C16H11NO7/c17-13(18)10-8(7-4-2-1-3-5-7)6-9(14(19)20)11(15(21)22)12(10)16(23)24/h1-6H,(H2,17,18)(H,19,20)(H,21,22)(H,23,24). The van der Waals surface area contributed by atoms with E-state index < -0.39 is 46.1 Å². The molecular formula is C16H11NO7. The molecule has 0 unspecified atom stereocenters. The van der Waals surface area contributed by atoms with Gasteiger partial charge < -0.3 is 21.1 Å². The molecule has 0 saturated carbocycles. The van der Waals surface area contributed by atoms with E-state index in [1.807, 2.05) is 0 Å². The molecule has 24 heavy (non-hydrogen) atoms. The van der Waals surface area contributed by atoms with Crippen molar-refractivity contribution < 1.29 is 34.5 Å². The van der Waals surface area contributed by atoms with Crippen molar-refractivity contribution in [2.45, 2.75) is 0 Å². The van der Waals surface area contributed by atoms with Gasteiger partial charge in [0.25, 0.3) is 0 Å². The van der Waals surface area contributed by atoms with Crippen molar-refractivity contribution in [1.29, 1.82) is 0 Å². The molecule has 2 aromatic carbocycles. The number of primary amides is 1. The van der Waals surface area contributed by atoms with Gasteiger partial charge >= 0.3 is 17.9 Å². The van der Waals surface area contributed by atoms with Crippen LogP contribution in [-0.4, -0.2) is 39.1 Å². The number of rotatable bonds is 5. The van der Waals surface area contributed by atoms with E-state index in [0.29, 0.717) is 5.56 Å². The molecule has 0 fully saturated rings. The minimum Gasteiger partial charge on any atom is -0.478 e. The molecule has 122 valence electrons. The monoisotopic (exact) mass is 329 g/mol. The second-order valence-electron chi connectivity index (χ2n) is 4.74. The van der Waals surface area contributed by atoms with Gasteiger partial charge in [0.1, 0.15) is 0 Å². The average molecular weight is 329 g/mol. The Morgan fingerprint density at radius 2 is 1.29 bits per heavy atom. The first-order chi connectivity index (χ1) is 11.3. The SMILES string of the molecule is NC(=O)c1c(-c2ccccc2)cc(C(=O)O)c(C(=O)O)c1C(=O)O. The summed E-state index contributed by atoms with van der Waals surface area (Å²) in [4.78, 5) is 46.1. The van der Waals surface area contributed by atoms with E-state index in [9.17, 15) is 34.5 Å². The molecule has 5 N–H and O–H groups in total. The fourth-order valence-electron chi connectivity index (χ4n) is 2.39. The van der Waals surface area contributed by atoms with Crippen LogP contribution in [0.2, 0.25) is 0 Å². The zero-order valence-corrected chi connectivity index (χ0v) is 12.0. The minimum atomic E-state index is -1.79. The first kappa shape index (κ1) is 16.7. The number of carboxylic acid groups (broad SMARTS) is 3. The summed E-state index contributed by atoms with van der Waals surface area (Å²) in [6.45, 7) is 0. The maximum absolute atomic E-state index is 11.8. The third-order valence-electron chi connectivity index (χ3n) is 3.32. The lowest BCUT2D eigenvalue weighted by Gasteiger charge is -2.15. The van der Waals surface area contributed by atoms with Crippen molar-refractivity contribution in [1.82, 2.24) is 0 Å². The van der Waals surface area contributed by atoms with Crippen LogP contribution in [0.1, 0.15) is 41.4 Å². The summed E-state index contributed by atoms with van der Waals surface area (Å²) in [6.07, 6.45) is 0. The number of benzene rings is 2. The fourth-order valence-corrected chi connectivity index (χ4v) is 2.39. The highest BCUT2D eigenvalue weighted by molar-refractivity contribution is 6.17. The topological polar surface area (TPSA) is 155 Å². The van der Waals surface area contributed by atoms with Crippen molar-refractivity contribution >= 4 is 23.8 Å². The molecule has 8 nitrogen and oxygen atoms in total. The summed E-state index contributed by atoms with van der Waals surface area (Å²) in [6, 6.07) is 8.81. The molecule has 2 rings (SSSR count). The Balaban J connectivity index is 3.06. The third-order valence-corrected chi connectivity index (χ3v) is 3.32. The molecule has 0 bridgehead atoms. The summed E-state index contributed by atoms with van der Waals surface area (Å²) in [5.74, 6) is -6.36. The zero-order chi connectivity index (χ0) is 18.0. The predicted octanol–water partition coefficient (Wildman–Crippen LogP) is 1.55. The van der Waals surface area contributed by atoms with E-state index in [4.69, 9.17) is 5.73 Å². The number of aromatic carboxylic acids is 3. The van der Waals surface area contributed by atoms with Crippen LogP contribution < -0.4 is 5.73 Å². The molecule has 0 aromatic heterocycles. The maximum Gasteiger partial charge on any atom is 0.337 e. The summed E-state index contributed by atoms with van der Waals surface area (Å²) >= 11 is 0. The Morgan fingerprint density at radius 1 is 0.750 bits per heavy atom. The van der Waals surface area contributed by atoms with E-state index in [2.05, 4.69) is 0 Å². The fraction of sp³-hybridized carbons (Fsp3) is 0. The summed E-state index contributed by atoms with van der Waals surface area (Å²) < 4.78 is 0. The highest BCUT2D eigenvalue weighted by Gasteiger charge is 2.31. The second kappa shape index (κ2) is 6.21. The van der Waals surface area contributed by atoms with Crippen LogP contribution in [0.4, 0.5) is 0 Å². The largest absolute Gasteiger partial charge is 0.478 e. The van der Waals surface area contributed by atoms with Crippen LogP contribution in [0, 0.1) is 0 Å². The number of carbonyl (C=O) groups is 4. The molecule has 0 heterocycles. The van der Waals surface area contributed by atoms with Crippen LogP contribution in [0.3, 0.4) is 0 Å². The zero-order valence-electron chi connectivity index (χ0n) is 12.0. The van der Waals surface area contributed by atoms with Crippen molar-refractivity contribution in [3.63, 3.8) is 0 Å². The Hall–Kier alpha value is -3.68.